The number of guanidine groups is 1. The molecule has 1 atom stereocenters. The van der Waals surface area contributed by atoms with Gasteiger partial charge in [0.25, 0.3) is 5.91 Å². The van der Waals surface area contributed by atoms with Gasteiger partial charge in [0.05, 0.1) is 26.9 Å². The minimum atomic E-state index is -0.322. The number of aliphatic imine (C=N–C) groups is 1. The third-order valence-corrected chi connectivity index (χ3v) is 4.99. The number of methoxy groups -OCH3 is 2. The zero-order valence-electron chi connectivity index (χ0n) is 17.5. The van der Waals surface area contributed by atoms with Crippen molar-refractivity contribution in [2.75, 3.05) is 39.5 Å². The summed E-state index contributed by atoms with van der Waals surface area (Å²) in [6.07, 6.45) is 2.01. The molecule has 0 unspecified atom stereocenters. The highest BCUT2D eigenvalue weighted by atomic mass is 16.7. The Morgan fingerprint density at radius 3 is 2.71 bits per heavy atom. The first-order valence-electron chi connectivity index (χ1n) is 10.0. The van der Waals surface area contributed by atoms with Crippen LogP contribution in [0.2, 0.25) is 0 Å². The fourth-order valence-corrected chi connectivity index (χ4v) is 3.36. The van der Waals surface area contributed by atoms with Crippen LogP contribution in [0.4, 0.5) is 5.69 Å². The Morgan fingerprint density at radius 2 is 1.94 bits per heavy atom. The van der Waals surface area contributed by atoms with Crippen LogP contribution in [0, 0.1) is 0 Å². The van der Waals surface area contributed by atoms with E-state index in [9.17, 15) is 4.79 Å². The summed E-state index contributed by atoms with van der Waals surface area (Å²) in [7, 11) is 3.14. The topological polar surface area (TPSA) is 99.6 Å². The van der Waals surface area contributed by atoms with Gasteiger partial charge in [-0.25, -0.2) is 4.99 Å². The standard InChI is InChI=1S/C22H25N3O6/c1-27-17-8-6-15(11-19(17)28-2)24-22(23-12-16-4-3-9-29-16)25-21(26)14-5-7-18-20(10-14)31-13-30-18/h5-8,10-11,16H,3-4,9,12-13H2,1-2H3,(H2,23,24,25,26)/t16-/m1/s1. The molecular formula is C22H25N3O6. The van der Waals surface area contributed by atoms with Crippen LogP contribution < -0.4 is 29.6 Å². The van der Waals surface area contributed by atoms with E-state index in [0.29, 0.717) is 46.8 Å². The second-order valence-electron chi connectivity index (χ2n) is 7.04. The molecular weight excluding hydrogens is 402 g/mol. The van der Waals surface area contributed by atoms with Crippen molar-refractivity contribution in [3.8, 4) is 23.0 Å². The van der Waals surface area contributed by atoms with Gasteiger partial charge in [0, 0.05) is 23.9 Å². The first kappa shape index (κ1) is 20.8. The van der Waals surface area contributed by atoms with Gasteiger partial charge in [0.1, 0.15) is 0 Å². The van der Waals surface area contributed by atoms with Crippen molar-refractivity contribution < 1.29 is 28.5 Å². The summed E-state index contributed by atoms with van der Waals surface area (Å²) in [6.45, 7) is 1.33. The Kier molecular flexibility index (Phi) is 6.42. The number of hydrogen-bond acceptors (Lipinski definition) is 7. The van der Waals surface area contributed by atoms with E-state index >= 15 is 0 Å². The van der Waals surface area contributed by atoms with Crippen LogP contribution in [0.25, 0.3) is 0 Å². The van der Waals surface area contributed by atoms with Crippen LogP contribution in [0.1, 0.15) is 23.2 Å². The normalized spacial score (nSPS) is 17.4. The highest BCUT2D eigenvalue weighted by Gasteiger charge is 2.19. The van der Waals surface area contributed by atoms with E-state index in [-0.39, 0.29) is 18.8 Å². The van der Waals surface area contributed by atoms with Crippen molar-refractivity contribution in [2.45, 2.75) is 18.9 Å². The molecule has 2 N–H and O–H groups in total. The molecule has 1 saturated heterocycles. The van der Waals surface area contributed by atoms with Crippen molar-refractivity contribution in [3.05, 3.63) is 42.0 Å². The highest BCUT2D eigenvalue weighted by Crippen LogP contribution is 2.32. The van der Waals surface area contributed by atoms with Gasteiger partial charge in [0.2, 0.25) is 12.8 Å². The van der Waals surface area contributed by atoms with E-state index in [1.807, 2.05) is 6.07 Å². The summed E-state index contributed by atoms with van der Waals surface area (Å²) < 4.78 is 26.9. The second-order valence-corrected chi connectivity index (χ2v) is 7.04. The van der Waals surface area contributed by atoms with Crippen molar-refractivity contribution in [3.63, 3.8) is 0 Å². The lowest BCUT2D eigenvalue weighted by Gasteiger charge is -2.15. The van der Waals surface area contributed by atoms with Crippen LogP contribution in [0.15, 0.2) is 41.4 Å². The maximum Gasteiger partial charge on any atom is 0.258 e. The number of amides is 1. The molecule has 0 radical (unpaired) electrons. The monoisotopic (exact) mass is 427 g/mol. The molecule has 2 aromatic rings. The average Bonchev–Trinajstić information content (AvgIpc) is 3.48. The third kappa shape index (κ3) is 5.00. The van der Waals surface area contributed by atoms with Crippen molar-refractivity contribution >= 4 is 17.6 Å². The molecule has 31 heavy (non-hydrogen) atoms. The largest absolute Gasteiger partial charge is 0.493 e. The van der Waals surface area contributed by atoms with E-state index in [0.717, 1.165) is 19.4 Å². The van der Waals surface area contributed by atoms with Gasteiger partial charge in [-0.05, 0) is 43.2 Å². The Balaban J connectivity index is 1.52. The lowest BCUT2D eigenvalue weighted by Crippen LogP contribution is -2.36. The number of carbonyl (C=O) groups excluding carboxylic acids is 1. The third-order valence-electron chi connectivity index (χ3n) is 4.99. The molecule has 0 spiro atoms. The average molecular weight is 427 g/mol. The molecule has 9 heteroatoms. The first-order chi connectivity index (χ1) is 15.2. The van der Waals surface area contributed by atoms with Crippen LogP contribution in [0.3, 0.4) is 0 Å². The number of anilines is 1. The molecule has 164 valence electrons. The number of nitrogens with zero attached hydrogens (tertiary/aromatic N) is 1. The van der Waals surface area contributed by atoms with Crippen molar-refractivity contribution in [1.82, 2.24) is 5.32 Å². The van der Waals surface area contributed by atoms with Gasteiger partial charge >= 0.3 is 0 Å². The van der Waals surface area contributed by atoms with Gasteiger partial charge in [-0.3, -0.25) is 10.1 Å². The zero-order valence-corrected chi connectivity index (χ0v) is 17.5. The molecule has 2 aliphatic heterocycles. The van der Waals surface area contributed by atoms with Crippen LogP contribution >= 0.6 is 0 Å². The molecule has 1 fully saturated rings. The summed E-state index contributed by atoms with van der Waals surface area (Å²) in [6, 6.07) is 10.4. The molecule has 2 heterocycles. The lowest BCUT2D eigenvalue weighted by atomic mass is 10.2. The summed E-state index contributed by atoms with van der Waals surface area (Å²) in [5.74, 6) is 2.32. The van der Waals surface area contributed by atoms with Crippen LogP contribution in [-0.2, 0) is 4.74 Å². The number of hydrogen-bond donors (Lipinski definition) is 2. The SMILES string of the molecule is COc1ccc(NC(=NC[C@H]2CCCO2)NC(=O)c2ccc3c(c2)OCO3)cc1OC. The van der Waals surface area contributed by atoms with E-state index in [4.69, 9.17) is 23.7 Å². The summed E-state index contributed by atoms with van der Waals surface area (Å²) >= 11 is 0. The number of benzene rings is 2. The van der Waals surface area contributed by atoms with Gasteiger partial charge in [-0.15, -0.1) is 0 Å². The Labute approximate surface area is 180 Å². The van der Waals surface area contributed by atoms with Crippen LogP contribution in [-0.4, -0.2) is 52.1 Å². The number of carbonyl (C=O) groups is 1. The molecule has 9 nitrogen and oxygen atoms in total. The molecule has 2 aliphatic rings. The number of fused-ring (bicyclic) bond motifs is 1. The molecule has 1 amide bonds. The predicted molar refractivity (Wildman–Crippen MR) is 114 cm³/mol. The second kappa shape index (κ2) is 9.57. The molecule has 0 saturated carbocycles. The fraction of sp³-hybridized carbons (Fsp3) is 0.364. The fourth-order valence-electron chi connectivity index (χ4n) is 3.36. The Morgan fingerprint density at radius 1 is 1.10 bits per heavy atom. The lowest BCUT2D eigenvalue weighted by molar-refractivity contribution is 0.0975. The first-order valence-corrected chi connectivity index (χ1v) is 10.0. The van der Waals surface area contributed by atoms with Gasteiger partial charge in [-0.2, -0.15) is 0 Å². The molecule has 0 bridgehead atoms. The van der Waals surface area contributed by atoms with Gasteiger partial charge in [0.15, 0.2) is 23.0 Å². The van der Waals surface area contributed by atoms with E-state index < -0.39 is 0 Å². The number of rotatable bonds is 6. The van der Waals surface area contributed by atoms with E-state index in [1.165, 1.54) is 0 Å². The van der Waals surface area contributed by atoms with Crippen molar-refractivity contribution in [1.29, 1.82) is 0 Å². The molecule has 2 aromatic carbocycles. The maximum absolute atomic E-state index is 12.9. The minimum absolute atomic E-state index is 0.0460. The van der Waals surface area contributed by atoms with E-state index in [1.54, 1.807) is 44.6 Å². The smallest absolute Gasteiger partial charge is 0.258 e. The predicted octanol–water partition coefficient (Wildman–Crippen LogP) is 2.81. The highest BCUT2D eigenvalue weighted by molar-refractivity contribution is 6.10. The number of nitrogens with one attached hydrogen (secondary N) is 2. The van der Waals surface area contributed by atoms with Crippen LogP contribution in [0.5, 0.6) is 23.0 Å². The summed E-state index contributed by atoms with van der Waals surface area (Å²) in [5, 5.41) is 5.99. The van der Waals surface area contributed by atoms with Gasteiger partial charge < -0.3 is 29.0 Å². The zero-order chi connectivity index (χ0) is 21.6. The minimum Gasteiger partial charge on any atom is -0.493 e. The molecule has 0 aromatic heterocycles. The molecule has 0 aliphatic carbocycles. The maximum atomic E-state index is 12.9. The summed E-state index contributed by atoms with van der Waals surface area (Å²) in [4.78, 5) is 17.4. The Hall–Kier alpha value is -3.46. The van der Waals surface area contributed by atoms with Gasteiger partial charge in [-0.1, -0.05) is 0 Å². The summed E-state index contributed by atoms with van der Waals surface area (Å²) in [5.41, 5.74) is 1.12. The quantitative estimate of drug-likeness (QED) is 0.540. The van der Waals surface area contributed by atoms with Crippen molar-refractivity contribution in [2.24, 2.45) is 4.99 Å². The Bertz CT molecular complexity index is 972. The number of ether oxygens (including phenoxy) is 5. The van der Waals surface area contributed by atoms with E-state index in [2.05, 4.69) is 15.6 Å². The molecule has 4 rings (SSSR count).